The average molecular weight is 283 g/mol. The van der Waals surface area contributed by atoms with Gasteiger partial charge in [0, 0.05) is 23.7 Å². The zero-order chi connectivity index (χ0) is 14.5. The van der Waals surface area contributed by atoms with Crippen molar-refractivity contribution in [2.45, 2.75) is 19.3 Å². The lowest BCUT2D eigenvalue weighted by Gasteiger charge is -2.12. The highest BCUT2D eigenvalue weighted by molar-refractivity contribution is 5.48. The predicted octanol–water partition coefficient (Wildman–Crippen LogP) is 4.06. The molecule has 1 aliphatic heterocycles. The first kappa shape index (κ1) is 13.8. The van der Waals surface area contributed by atoms with E-state index >= 15 is 0 Å². The van der Waals surface area contributed by atoms with E-state index in [1.54, 1.807) is 0 Å². The van der Waals surface area contributed by atoms with Gasteiger partial charge >= 0.3 is 0 Å². The molecule has 0 saturated heterocycles. The predicted molar refractivity (Wildman–Crippen MR) is 85.4 cm³/mol. The highest BCUT2D eigenvalue weighted by atomic mass is 16.5. The van der Waals surface area contributed by atoms with E-state index in [4.69, 9.17) is 9.47 Å². The molecule has 110 valence electrons. The van der Waals surface area contributed by atoms with Gasteiger partial charge in [0.15, 0.2) is 0 Å². The van der Waals surface area contributed by atoms with E-state index < -0.39 is 0 Å². The number of hydrogen-bond donors (Lipinski definition) is 1. The zero-order valence-electron chi connectivity index (χ0n) is 12.3. The van der Waals surface area contributed by atoms with Crippen LogP contribution < -0.4 is 14.8 Å². The lowest BCUT2D eigenvalue weighted by atomic mass is 10.0. The summed E-state index contributed by atoms with van der Waals surface area (Å²) in [6.07, 6.45) is 1.03. The normalized spacial score (nSPS) is 16.1. The molecule has 1 unspecified atom stereocenters. The van der Waals surface area contributed by atoms with Crippen LogP contribution in [0.3, 0.4) is 0 Å². The molecule has 3 heteroatoms. The molecule has 0 radical (unpaired) electrons. The van der Waals surface area contributed by atoms with E-state index in [2.05, 4.69) is 36.5 Å². The van der Waals surface area contributed by atoms with E-state index in [9.17, 15) is 0 Å². The third-order valence-corrected chi connectivity index (χ3v) is 3.68. The summed E-state index contributed by atoms with van der Waals surface area (Å²) >= 11 is 0. The molecule has 0 spiro atoms. The van der Waals surface area contributed by atoms with Crippen molar-refractivity contribution in [2.75, 3.05) is 25.1 Å². The number of hydrogen-bond acceptors (Lipinski definition) is 3. The highest BCUT2D eigenvalue weighted by Gasteiger charge is 2.22. The van der Waals surface area contributed by atoms with E-state index in [0.717, 1.165) is 43.4 Å². The van der Waals surface area contributed by atoms with Crippen LogP contribution in [0.5, 0.6) is 11.5 Å². The fraction of sp³-hybridized carbons (Fsp3) is 0.333. The lowest BCUT2D eigenvalue weighted by Crippen LogP contribution is -2.13. The van der Waals surface area contributed by atoms with E-state index in [-0.39, 0.29) is 0 Å². The molecule has 2 aromatic carbocycles. The zero-order valence-corrected chi connectivity index (χ0v) is 12.3. The van der Waals surface area contributed by atoms with Gasteiger partial charge in [0.05, 0.1) is 13.2 Å². The summed E-state index contributed by atoms with van der Waals surface area (Å²) in [6.45, 7) is 4.51. The number of para-hydroxylation sites is 1. The topological polar surface area (TPSA) is 30.5 Å². The summed E-state index contributed by atoms with van der Waals surface area (Å²) in [5, 5.41) is 3.48. The Morgan fingerprint density at radius 2 is 1.95 bits per heavy atom. The third-order valence-electron chi connectivity index (χ3n) is 3.68. The maximum absolute atomic E-state index is 5.70. The Morgan fingerprint density at radius 1 is 1.14 bits per heavy atom. The third kappa shape index (κ3) is 3.30. The van der Waals surface area contributed by atoms with E-state index in [1.807, 2.05) is 24.3 Å². The Labute approximate surface area is 125 Å². The maximum atomic E-state index is 5.70. The van der Waals surface area contributed by atoms with Crippen molar-refractivity contribution in [1.29, 1.82) is 0 Å². The molecular formula is C18H21NO2. The Bertz CT molecular complexity index is 580. The lowest BCUT2D eigenvalue weighted by molar-refractivity contribution is 0.317. The molecule has 1 aliphatic rings. The van der Waals surface area contributed by atoms with Crippen LogP contribution in [0.25, 0.3) is 0 Å². The first-order chi connectivity index (χ1) is 10.4. The van der Waals surface area contributed by atoms with Gasteiger partial charge in [-0.25, -0.2) is 0 Å². The molecule has 0 amide bonds. The Hall–Kier alpha value is -2.16. The molecule has 0 saturated carbocycles. The van der Waals surface area contributed by atoms with Crippen LogP contribution in [0, 0.1) is 0 Å². The van der Waals surface area contributed by atoms with Crippen LogP contribution in [-0.4, -0.2) is 19.8 Å². The molecule has 1 heterocycles. The summed E-state index contributed by atoms with van der Waals surface area (Å²) in [7, 11) is 0. The monoisotopic (exact) mass is 283 g/mol. The summed E-state index contributed by atoms with van der Waals surface area (Å²) in [4.78, 5) is 0. The molecule has 0 aromatic heterocycles. The number of ether oxygens (including phenoxy) is 2. The highest BCUT2D eigenvalue weighted by Crippen LogP contribution is 2.33. The Balaban J connectivity index is 1.56. The molecule has 0 aliphatic carbocycles. The van der Waals surface area contributed by atoms with Crippen LogP contribution >= 0.6 is 0 Å². The van der Waals surface area contributed by atoms with Gasteiger partial charge in [-0.3, -0.25) is 0 Å². The molecule has 3 nitrogen and oxygen atoms in total. The standard InChI is InChI=1S/C18H21NO2/c1-2-11-20-16-9-7-15(8-10-16)19-12-14-13-21-18-6-4-3-5-17(14)18/h3-10,14,19H,2,11-13H2,1H3. The van der Waals surface area contributed by atoms with Crippen molar-refractivity contribution in [2.24, 2.45) is 0 Å². The van der Waals surface area contributed by atoms with Crippen LogP contribution in [0.4, 0.5) is 5.69 Å². The largest absolute Gasteiger partial charge is 0.494 e. The van der Waals surface area contributed by atoms with Crippen molar-refractivity contribution >= 4 is 5.69 Å². The van der Waals surface area contributed by atoms with Gasteiger partial charge in [0.25, 0.3) is 0 Å². The van der Waals surface area contributed by atoms with E-state index in [1.165, 1.54) is 5.56 Å². The van der Waals surface area contributed by atoms with Gasteiger partial charge in [0.2, 0.25) is 0 Å². The van der Waals surface area contributed by atoms with Crippen LogP contribution in [0.2, 0.25) is 0 Å². The van der Waals surface area contributed by atoms with Gasteiger partial charge in [-0.1, -0.05) is 25.1 Å². The SMILES string of the molecule is CCCOc1ccc(NCC2COc3ccccc32)cc1. The van der Waals surface area contributed by atoms with Gasteiger partial charge in [-0.15, -0.1) is 0 Å². The van der Waals surface area contributed by atoms with Gasteiger partial charge in [-0.05, 0) is 36.8 Å². The summed E-state index contributed by atoms with van der Waals surface area (Å²) < 4.78 is 11.3. The summed E-state index contributed by atoms with van der Waals surface area (Å²) in [6, 6.07) is 16.4. The Kier molecular flexibility index (Phi) is 4.29. The quantitative estimate of drug-likeness (QED) is 0.867. The molecule has 1 N–H and O–H groups in total. The molecule has 3 rings (SSSR count). The van der Waals surface area contributed by atoms with Crippen molar-refractivity contribution < 1.29 is 9.47 Å². The van der Waals surface area contributed by atoms with Crippen LogP contribution in [-0.2, 0) is 0 Å². The second-order valence-electron chi connectivity index (χ2n) is 5.30. The smallest absolute Gasteiger partial charge is 0.122 e. The van der Waals surface area contributed by atoms with Crippen LogP contribution in [0.15, 0.2) is 48.5 Å². The van der Waals surface area contributed by atoms with E-state index in [0.29, 0.717) is 5.92 Å². The number of fused-ring (bicyclic) bond motifs is 1. The molecule has 0 bridgehead atoms. The first-order valence-corrected chi connectivity index (χ1v) is 7.55. The van der Waals surface area contributed by atoms with Crippen molar-refractivity contribution in [3.63, 3.8) is 0 Å². The van der Waals surface area contributed by atoms with Gasteiger partial charge < -0.3 is 14.8 Å². The second-order valence-corrected chi connectivity index (χ2v) is 5.30. The molecule has 21 heavy (non-hydrogen) atoms. The summed E-state index contributed by atoms with van der Waals surface area (Å²) in [5.74, 6) is 2.36. The first-order valence-electron chi connectivity index (χ1n) is 7.55. The van der Waals surface area contributed by atoms with Crippen LogP contribution in [0.1, 0.15) is 24.8 Å². The number of benzene rings is 2. The molecule has 1 atom stereocenters. The second kappa shape index (κ2) is 6.53. The maximum Gasteiger partial charge on any atom is 0.122 e. The minimum absolute atomic E-state index is 0.414. The minimum Gasteiger partial charge on any atom is -0.494 e. The molecule has 2 aromatic rings. The molecular weight excluding hydrogens is 262 g/mol. The minimum atomic E-state index is 0.414. The van der Waals surface area contributed by atoms with Gasteiger partial charge in [0.1, 0.15) is 11.5 Å². The fourth-order valence-electron chi connectivity index (χ4n) is 2.53. The average Bonchev–Trinajstić information content (AvgIpc) is 2.95. The van der Waals surface area contributed by atoms with Gasteiger partial charge in [-0.2, -0.15) is 0 Å². The summed E-state index contributed by atoms with van der Waals surface area (Å²) in [5.41, 5.74) is 2.41. The van der Waals surface area contributed by atoms with Crippen molar-refractivity contribution in [3.8, 4) is 11.5 Å². The Morgan fingerprint density at radius 3 is 2.76 bits per heavy atom. The van der Waals surface area contributed by atoms with Crippen molar-refractivity contribution in [3.05, 3.63) is 54.1 Å². The van der Waals surface area contributed by atoms with Crippen molar-refractivity contribution in [1.82, 2.24) is 0 Å². The molecule has 0 fully saturated rings. The fourth-order valence-corrected chi connectivity index (χ4v) is 2.53. The number of nitrogens with one attached hydrogen (secondary N) is 1. The number of anilines is 1. The number of rotatable bonds is 6.